The summed E-state index contributed by atoms with van der Waals surface area (Å²) in [6.45, 7) is 2.59. The number of aliphatic hydroxyl groups is 1. The van der Waals surface area contributed by atoms with Crippen LogP contribution in [0.15, 0.2) is 12.1 Å². The van der Waals surface area contributed by atoms with Gasteiger partial charge in [-0.25, -0.2) is 0 Å². The normalized spacial score (nSPS) is 10.6. The second-order valence-electron chi connectivity index (χ2n) is 4.20. The zero-order valence-corrected chi connectivity index (χ0v) is 12.7. The number of benzene rings is 1. The summed E-state index contributed by atoms with van der Waals surface area (Å²) < 4.78 is 15.8. The maximum atomic E-state index is 8.76. The van der Waals surface area contributed by atoms with E-state index in [-0.39, 0.29) is 6.61 Å². The molecule has 0 aliphatic heterocycles. The van der Waals surface area contributed by atoms with Gasteiger partial charge >= 0.3 is 0 Å². The minimum absolute atomic E-state index is 0.0848. The van der Waals surface area contributed by atoms with Gasteiger partial charge in [0, 0.05) is 33.2 Å². The smallest absolute Gasteiger partial charge is 0.179 e. The fourth-order valence-corrected chi connectivity index (χ4v) is 1.95. The van der Waals surface area contributed by atoms with E-state index in [4.69, 9.17) is 30.9 Å². The average Bonchev–Trinajstić information content (AvgIpc) is 2.45. The molecule has 0 saturated heterocycles. The van der Waals surface area contributed by atoms with Crippen LogP contribution in [0, 0.1) is 0 Å². The van der Waals surface area contributed by atoms with Crippen molar-refractivity contribution in [1.29, 1.82) is 0 Å². The standard InChI is InChI=1S/C14H22ClNO4/c1-18-7-4-16-10-11-8-12(15)14(13(9-11)19-2)20-6-3-5-17/h8-9,16-17H,3-7,10H2,1-2H3. The minimum atomic E-state index is 0.0848. The van der Waals surface area contributed by atoms with Gasteiger partial charge in [0.1, 0.15) is 0 Å². The summed E-state index contributed by atoms with van der Waals surface area (Å²) in [4.78, 5) is 0. The summed E-state index contributed by atoms with van der Waals surface area (Å²) in [6.07, 6.45) is 0.555. The van der Waals surface area contributed by atoms with Crippen LogP contribution in [0.3, 0.4) is 0 Å². The monoisotopic (exact) mass is 303 g/mol. The molecule has 0 heterocycles. The number of ether oxygens (including phenoxy) is 3. The Morgan fingerprint density at radius 1 is 1.25 bits per heavy atom. The Morgan fingerprint density at radius 2 is 2.05 bits per heavy atom. The van der Waals surface area contributed by atoms with Crippen molar-refractivity contribution >= 4 is 11.6 Å². The van der Waals surface area contributed by atoms with Gasteiger partial charge in [-0.3, -0.25) is 0 Å². The molecule has 0 atom stereocenters. The molecule has 0 unspecified atom stereocenters. The largest absolute Gasteiger partial charge is 0.493 e. The Morgan fingerprint density at radius 3 is 2.70 bits per heavy atom. The SMILES string of the molecule is COCCNCc1cc(Cl)c(OCCCO)c(OC)c1. The van der Waals surface area contributed by atoms with Gasteiger partial charge in [-0.15, -0.1) is 0 Å². The van der Waals surface area contributed by atoms with E-state index >= 15 is 0 Å². The lowest BCUT2D eigenvalue weighted by Crippen LogP contribution is -2.18. The molecule has 114 valence electrons. The van der Waals surface area contributed by atoms with Crippen LogP contribution in [0.4, 0.5) is 0 Å². The first-order valence-corrected chi connectivity index (χ1v) is 6.90. The summed E-state index contributed by atoms with van der Waals surface area (Å²) in [5.41, 5.74) is 1.01. The van der Waals surface area contributed by atoms with Gasteiger partial charge in [0.05, 0.1) is 25.3 Å². The lowest BCUT2D eigenvalue weighted by atomic mass is 10.2. The lowest BCUT2D eigenvalue weighted by molar-refractivity contribution is 0.199. The maximum absolute atomic E-state index is 8.76. The Bertz CT molecular complexity index is 401. The predicted octanol–water partition coefficient (Wildman–Crippen LogP) is 1.85. The van der Waals surface area contributed by atoms with Crippen molar-refractivity contribution < 1.29 is 19.3 Å². The molecule has 1 aromatic rings. The van der Waals surface area contributed by atoms with Crippen molar-refractivity contribution in [2.75, 3.05) is 40.6 Å². The molecule has 1 rings (SSSR count). The number of nitrogens with one attached hydrogen (secondary N) is 1. The highest BCUT2D eigenvalue weighted by molar-refractivity contribution is 6.32. The van der Waals surface area contributed by atoms with Gasteiger partial charge in [0.2, 0.25) is 0 Å². The number of aliphatic hydroxyl groups excluding tert-OH is 1. The first-order chi connectivity index (χ1) is 9.72. The first kappa shape index (κ1) is 17.0. The number of halogens is 1. The first-order valence-electron chi connectivity index (χ1n) is 6.52. The van der Waals surface area contributed by atoms with Crippen LogP contribution in [0.2, 0.25) is 5.02 Å². The molecule has 0 fully saturated rings. The van der Waals surface area contributed by atoms with E-state index < -0.39 is 0 Å². The molecule has 5 nitrogen and oxygen atoms in total. The van der Waals surface area contributed by atoms with Gasteiger partial charge in [-0.05, 0) is 17.7 Å². The van der Waals surface area contributed by atoms with Crippen molar-refractivity contribution in [1.82, 2.24) is 5.32 Å². The van der Waals surface area contributed by atoms with Gasteiger partial charge in [-0.1, -0.05) is 11.6 Å². The number of methoxy groups -OCH3 is 2. The van der Waals surface area contributed by atoms with E-state index in [9.17, 15) is 0 Å². The van der Waals surface area contributed by atoms with Crippen LogP contribution in [0.25, 0.3) is 0 Å². The molecule has 0 amide bonds. The highest BCUT2D eigenvalue weighted by Crippen LogP contribution is 2.36. The van der Waals surface area contributed by atoms with Gasteiger partial charge in [-0.2, -0.15) is 0 Å². The van der Waals surface area contributed by atoms with E-state index in [0.29, 0.717) is 42.7 Å². The molecule has 0 bridgehead atoms. The summed E-state index contributed by atoms with van der Waals surface area (Å²) in [5.74, 6) is 1.11. The molecule has 0 aliphatic rings. The van der Waals surface area contributed by atoms with Crippen LogP contribution >= 0.6 is 11.6 Å². The number of rotatable bonds is 10. The summed E-state index contributed by atoms with van der Waals surface area (Å²) in [6, 6.07) is 3.73. The van der Waals surface area contributed by atoms with Crippen LogP contribution < -0.4 is 14.8 Å². The van der Waals surface area contributed by atoms with Crippen LogP contribution in [-0.2, 0) is 11.3 Å². The molecular formula is C14H22ClNO4. The van der Waals surface area contributed by atoms with Crippen molar-refractivity contribution in [3.05, 3.63) is 22.7 Å². The van der Waals surface area contributed by atoms with Crippen molar-refractivity contribution in [3.8, 4) is 11.5 Å². The van der Waals surface area contributed by atoms with Crippen LogP contribution in [-0.4, -0.2) is 45.7 Å². The van der Waals surface area contributed by atoms with E-state index in [1.807, 2.05) is 12.1 Å². The highest BCUT2D eigenvalue weighted by Gasteiger charge is 2.11. The number of hydrogen-bond donors (Lipinski definition) is 2. The molecule has 0 spiro atoms. The fourth-order valence-electron chi connectivity index (χ4n) is 1.66. The maximum Gasteiger partial charge on any atom is 0.179 e. The van der Waals surface area contributed by atoms with Gasteiger partial charge < -0.3 is 24.6 Å². The quantitative estimate of drug-likeness (QED) is 0.646. The zero-order chi connectivity index (χ0) is 14.8. The lowest BCUT2D eigenvalue weighted by Gasteiger charge is -2.14. The topological polar surface area (TPSA) is 60.0 Å². The Kier molecular flexibility index (Phi) is 8.37. The third-order valence-corrected chi connectivity index (χ3v) is 2.93. The molecule has 0 aromatic heterocycles. The van der Waals surface area contributed by atoms with E-state index in [1.165, 1.54) is 0 Å². The molecule has 0 radical (unpaired) electrons. The number of hydrogen-bond acceptors (Lipinski definition) is 5. The minimum Gasteiger partial charge on any atom is -0.493 e. The van der Waals surface area contributed by atoms with E-state index in [0.717, 1.165) is 12.1 Å². The highest BCUT2D eigenvalue weighted by atomic mass is 35.5. The molecule has 2 N–H and O–H groups in total. The fraction of sp³-hybridized carbons (Fsp3) is 0.571. The molecule has 0 aliphatic carbocycles. The van der Waals surface area contributed by atoms with E-state index in [2.05, 4.69) is 5.32 Å². The third kappa shape index (κ3) is 5.54. The van der Waals surface area contributed by atoms with Gasteiger partial charge in [0.15, 0.2) is 11.5 Å². The predicted molar refractivity (Wildman–Crippen MR) is 78.8 cm³/mol. The average molecular weight is 304 g/mol. The molecule has 0 saturated carbocycles. The van der Waals surface area contributed by atoms with E-state index in [1.54, 1.807) is 14.2 Å². The summed E-state index contributed by atoms with van der Waals surface area (Å²) >= 11 is 6.21. The zero-order valence-electron chi connectivity index (χ0n) is 11.9. The Labute approximate surface area is 124 Å². The Balaban J connectivity index is 2.68. The molecule has 1 aromatic carbocycles. The summed E-state index contributed by atoms with van der Waals surface area (Å²) in [7, 11) is 3.24. The molecule has 20 heavy (non-hydrogen) atoms. The Hall–Kier alpha value is -1.01. The third-order valence-electron chi connectivity index (χ3n) is 2.65. The summed E-state index contributed by atoms with van der Waals surface area (Å²) in [5, 5.41) is 12.5. The van der Waals surface area contributed by atoms with Crippen LogP contribution in [0.5, 0.6) is 11.5 Å². The van der Waals surface area contributed by atoms with Gasteiger partial charge in [0.25, 0.3) is 0 Å². The van der Waals surface area contributed by atoms with Crippen LogP contribution in [0.1, 0.15) is 12.0 Å². The molecular weight excluding hydrogens is 282 g/mol. The van der Waals surface area contributed by atoms with Crippen molar-refractivity contribution in [2.24, 2.45) is 0 Å². The van der Waals surface area contributed by atoms with Crippen molar-refractivity contribution in [2.45, 2.75) is 13.0 Å². The van der Waals surface area contributed by atoms with Crippen molar-refractivity contribution in [3.63, 3.8) is 0 Å². The second kappa shape index (κ2) is 9.83. The molecule has 6 heteroatoms. The second-order valence-corrected chi connectivity index (χ2v) is 4.61.